The average molecular weight is 338 g/mol. The molecule has 5 heteroatoms. The van der Waals surface area contributed by atoms with Crippen LogP contribution in [0.1, 0.15) is 56.6 Å². The van der Waals surface area contributed by atoms with Gasteiger partial charge in [-0.15, -0.1) is 0 Å². The van der Waals surface area contributed by atoms with E-state index in [2.05, 4.69) is 18.3 Å². The fraction of sp³-hybridized carbons (Fsp3) is 0.632. The number of halogens is 3. The van der Waals surface area contributed by atoms with Crippen molar-refractivity contribution >= 4 is 0 Å². The first-order chi connectivity index (χ1) is 11.4. The first kappa shape index (κ1) is 18.8. The lowest BCUT2D eigenvalue weighted by atomic mass is 9.69. The maximum atomic E-state index is 12.7. The van der Waals surface area contributed by atoms with Gasteiger partial charge in [-0.05, 0) is 48.6 Å². The summed E-state index contributed by atoms with van der Waals surface area (Å²) in [4.78, 5) is 0. The molecule has 1 aromatic carbocycles. The fourth-order valence-electron chi connectivity index (χ4n) is 3.63. The minimum Gasteiger partial charge on any atom is -0.310 e. The van der Waals surface area contributed by atoms with Gasteiger partial charge in [-0.1, -0.05) is 31.2 Å². The van der Waals surface area contributed by atoms with E-state index in [0.717, 1.165) is 37.7 Å². The maximum Gasteiger partial charge on any atom is 0.393 e. The van der Waals surface area contributed by atoms with Crippen molar-refractivity contribution in [2.45, 2.75) is 70.6 Å². The summed E-state index contributed by atoms with van der Waals surface area (Å²) in [5, 5.41) is 12.4. The van der Waals surface area contributed by atoms with E-state index < -0.39 is 12.6 Å². The van der Waals surface area contributed by atoms with Gasteiger partial charge in [0.15, 0.2) is 0 Å². The van der Waals surface area contributed by atoms with Crippen LogP contribution in [0.25, 0.3) is 0 Å². The molecule has 0 atom stereocenters. The van der Waals surface area contributed by atoms with E-state index in [4.69, 9.17) is 5.26 Å². The quantitative estimate of drug-likeness (QED) is 0.780. The van der Waals surface area contributed by atoms with Crippen molar-refractivity contribution in [2.75, 3.05) is 0 Å². The van der Waals surface area contributed by atoms with Gasteiger partial charge in [0.25, 0.3) is 0 Å². The number of nitrogens with zero attached hydrogens (tertiary/aromatic N) is 1. The highest BCUT2D eigenvalue weighted by molar-refractivity contribution is 5.27. The van der Waals surface area contributed by atoms with Gasteiger partial charge < -0.3 is 5.32 Å². The number of nitrogens with one attached hydrogen (secondary N) is 1. The van der Waals surface area contributed by atoms with Crippen LogP contribution in [0.2, 0.25) is 0 Å². The molecule has 0 saturated heterocycles. The zero-order chi connectivity index (χ0) is 17.6. The molecule has 0 amide bonds. The minimum absolute atomic E-state index is 0.140. The van der Waals surface area contributed by atoms with E-state index in [9.17, 15) is 13.2 Å². The van der Waals surface area contributed by atoms with Crippen molar-refractivity contribution in [3.05, 3.63) is 35.4 Å². The Hall–Kier alpha value is -1.54. The summed E-state index contributed by atoms with van der Waals surface area (Å²) in [6.45, 7) is 2.60. The number of hydrogen-bond acceptors (Lipinski definition) is 2. The molecule has 0 spiro atoms. The van der Waals surface area contributed by atoms with Crippen molar-refractivity contribution < 1.29 is 13.2 Å². The molecule has 1 aromatic rings. The van der Waals surface area contributed by atoms with Gasteiger partial charge in [0, 0.05) is 19.0 Å². The molecular formula is C19H25F3N2. The van der Waals surface area contributed by atoms with Crippen molar-refractivity contribution in [1.29, 1.82) is 5.26 Å². The van der Waals surface area contributed by atoms with Crippen LogP contribution < -0.4 is 5.32 Å². The van der Waals surface area contributed by atoms with E-state index in [0.29, 0.717) is 24.6 Å². The van der Waals surface area contributed by atoms with Crippen LogP contribution in [-0.2, 0) is 13.0 Å². The van der Waals surface area contributed by atoms with Crippen LogP contribution in [0.5, 0.6) is 0 Å². The van der Waals surface area contributed by atoms with Gasteiger partial charge in [0.2, 0.25) is 0 Å². The first-order valence-corrected chi connectivity index (χ1v) is 8.61. The number of nitriles is 1. The summed E-state index contributed by atoms with van der Waals surface area (Å²) in [6, 6.07) is 9.39. The molecule has 1 fully saturated rings. The normalized spacial score (nSPS) is 24.5. The van der Waals surface area contributed by atoms with E-state index >= 15 is 0 Å². The maximum absolute atomic E-state index is 12.7. The predicted octanol–water partition coefficient (Wildman–Crippen LogP) is 5.13. The number of hydrogen-bond donors (Lipinski definition) is 1. The Labute approximate surface area is 142 Å². The topological polar surface area (TPSA) is 35.8 Å². The molecule has 2 nitrogen and oxygen atoms in total. The summed E-state index contributed by atoms with van der Waals surface area (Å²) in [6.07, 6.45) is 0.549. The molecule has 0 aromatic heterocycles. The number of benzene rings is 1. The first-order valence-electron chi connectivity index (χ1n) is 8.61. The molecule has 1 saturated carbocycles. The highest BCUT2D eigenvalue weighted by Crippen LogP contribution is 2.41. The Morgan fingerprint density at radius 3 is 2.38 bits per heavy atom. The average Bonchev–Trinajstić information content (AvgIpc) is 2.54. The smallest absolute Gasteiger partial charge is 0.310 e. The summed E-state index contributed by atoms with van der Waals surface area (Å²) in [5.41, 5.74) is 1.21. The van der Waals surface area contributed by atoms with Crippen molar-refractivity contribution in [3.8, 4) is 6.07 Å². The van der Waals surface area contributed by atoms with Gasteiger partial charge in [-0.3, -0.25) is 0 Å². The van der Waals surface area contributed by atoms with Crippen LogP contribution in [0, 0.1) is 16.7 Å². The van der Waals surface area contributed by atoms with E-state index in [1.807, 2.05) is 0 Å². The third-order valence-electron chi connectivity index (χ3n) is 5.34. The fourth-order valence-corrected chi connectivity index (χ4v) is 3.63. The minimum atomic E-state index is -4.18. The lowest BCUT2D eigenvalue weighted by Crippen LogP contribution is -2.37. The van der Waals surface area contributed by atoms with Crippen molar-refractivity contribution in [3.63, 3.8) is 0 Å². The summed E-state index contributed by atoms with van der Waals surface area (Å²) in [7, 11) is 0. The molecule has 1 N–H and O–H groups in total. The largest absolute Gasteiger partial charge is 0.393 e. The van der Waals surface area contributed by atoms with E-state index in [-0.39, 0.29) is 5.41 Å². The zero-order valence-electron chi connectivity index (χ0n) is 14.1. The van der Waals surface area contributed by atoms with Gasteiger partial charge in [-0.2, -0.15) is 18.4 Å². The Bertz CT molecular complexity index is 567. The van der Waals surface area contributed by atoms with Crippen molar-refractivity contribution in [2.24, 2.45) is 5.41 Å². The van der Waals surface area contributed by atoms with Crippen LogP contribution in [0.3, 0.4) is 0 Å². The van der Waals surface area contributed by atoms with Gasteiger partial charge >= 0.3 is 6.18 Å². The van der Waals surface area contributed by atoms with E-state index in [1.165, 1.54) is 0 Å². The highest BCUT2D eigenvalue weighted by atomic mass is 19.4. The summed E-state index contributed by atoms with van der Waals surface area (Å²) < 4.78 is 38.0. The predicted molar refractivity (Wildman–Crippen MR) is 88.3 cm³/mol. The number of alkyl halides is 3. The summed E-state index contributed by atoms with van der Waals surface area (Å²) in [5.74, 6) is 0. The molecular weight excluding hydrogens is 313 g/mol. The van der Waals surface area contributed by atoms with E-state index in [1.54, 1.807) is 24.3 Å². The molecule has 1 aliphatic rings. The molecule has 24 heavy (non-hydrogen) atoms. The second-order valence-electron chi connectivity index (χ2n) is 6.90. The number of rotatable bonds is 6. The molecule has 0 aliphatic heterocycles. The van der Waals surface area contributed by atoms with Crippen LogP contribution in [-0.4, -0.2) is 12.2 Å². The second-order valence-corrected chi connectivity index (χ2v) is 6.90. The highest BCUT2D eigenvalue weighted by Gasteiger charge is 2.33. The molecule has 0 bridgehead atoms. The molecule has 0 heterocycles. The lowest BCUT2D eigenvalue weighted by molar-refractivity contribution is -0.127. The molecule has 0 radical (unpaired) electrons. The third-order valence-corrected chi connectivity index (χ3v) is 5.34. The van der Waals surface area contributed by atoms with Gasteiger partial charge in [0.05, 0.1) is 12.5 Å². The van der Waals surface area contributed by atoms with Crippen LogP contribution >= 0.6 is 0 Å². The van der Waals surface area contributed by atoms with Gasteiger partial charge in [0.1, 0.15) is 0 Å². The molecule has 0 unspecified atom stereocenters. The zero-order valence-corrected chi connectivity index (χ0v) is 14.1. The molecule has 132 valence electrons. The third kappa shape index (κ3) is 5.24. The summed E-state index contributed by atoms with van der Waals surface area (Å²) >= 11 is 0. The second kappa shape index (κ2) is 8.02. The Balaban J connectivity index is 1.90. The van der Waals surface area contributed by atoms with Gasteiger partial charge in [-0.25, -0.2) is 0 Å². The van der Waals surface area contributed by atoms with Crippen LogP contribution in [0.15, 0.2) is 24.3 Å². The molecule has 2 rings (SSSR count). The Morgan fingerprint density at radius 1 is 1.21 bits per heavy atom. The van der Waals surface area contributed by atoms with Crippen LogP contribution in [0.4, 0.5) is 13.2 Å². The standard InChI is InChI=1S/C19H25F3N2/c1-2-18(11-12-23)9-7-17(8-10-18)24-14-16-6-4-3-5-15(16)13-19(20,21)22/h3-6,17,24H,2,7-11,13-14H2,1H3. The van der Waals surface area contributed by atoms with Crippen molar-refractivity contribution in [1.82, 2.24) is 5.32 Å². The molecule has 1 aliphatic carbocycles. The Morgan fingerprint density at radius 2 is 1.83 bits per heavy atom. The SMILES string of the molecule is CCC1(CC#N)CCC(NCc2ccccc2CC(F)(F)F)CC1. The monoisotopic (exact) mass is 338 g/mol. The lowest BCUT2D eigenvalue weighted by Gasteiger charge is -2.38. The Kier molecular flexibility index (Phi) is 6.28.